The van der Waals surface area contributed by atoms with Crippen LogP contribution in [-0.4, -0.2) is 19.5 Å². The zero-order chi connectivity index (χ0) is 15.2. The van der Waals surface area contributed by atoms with Crippen LogP contribution in [0.3, 0.4) is 0 Å². The van der Waals surface area contributed by atoms with Gasteiger partial charge in [0, 0.05) is 17.0 Å². The number of hydrogen-bond donors (Lipinski definition) is 0. The highest BCUT2D eigenvalue weighted by Gasteiger charge is 2.14. The Kier molecular flexibility index (Phi) is 2.69. The Bertz CT molecular complexity index is 1140. The Morgan fingerprint density at radius 1 is 0.913 bits per heavy atom. The SMILES string of the molecule is c1ccc2nc3c(nc2c1)c1ccccc1n3Cc1nccs1. The Hall–Kier alpha value is -2.79. The first kappa shape index (κ1) is 12.7. The van der Waals surface area contributed by atoms with Crippen molar-refractivity contribution in [2.75, 3.05) is 0 Å². The minimum atomic E-state index is 0.717. The molecule has 3 heterocycles. The third-order valence-corrected chi connectivity index (χ3v) is 4.80. The van der Waals surface area contributed by atoms with Gasteiger partial charge >= 0.3 is 0 Å². The lowest BCUT2D eigenvalue weighted by molar-refractivity contribution is 0.847. The maximum Gasteiger partial charge on any atom is 0.160 e. The van der Waals surface area contributed by atoms with E-state index >= 15 is 0 Å². The molecule has 0 aliphatic rings. The first-order valence-electron chi connectivity index (χ1n) is 7.42. The monoisotopic (exact) mass is 316 g/mol. The van der Waals surface area contributed by atoms with Crippen molar-refractivity contribution < 1.29 is 0 Å². The molecule has 110 valence electrons. The van der Waals surface area contributed by atoms with E-state index in [1.54, 1.807) is 11.3 Å². The molecule has 0 saturated heterocycles. The van der Waals surface area contributed by atoms with Crippen LogP contribution >= 0.6 is 11.3 Å². The lowest BCUT2D eigenvalue weighted by Gasteiger charge is -2.04. The molecule has 0 aliphatic heterocycles. The predicted molar refractivity (Wildman–Crippen MR) is 93.8 cm³/mol. The van der Waals surface area contributed by atoms with Gasteiger partial charge in [0.1, 0.15) is 10.5 Å². The van der Waals surface area contributed by atoms with Crippen molar-refractivity contribution in [1.29, 1.82) is 0 Å². The molecule has 0 bridgehead atoms. The molecule has 3 aromatic heterocycles. The molecule has 5 rings (SSSR count). The Labute approximate surface area is 136 Å². The first-order chi connectivity index (χ1) is 11.4. The van der Waals surface area contributed by atoms with Gasteiger partial charge < -0.3 is 4.57 Å². The molecule has 0 unspecified atom stereocenters. The van der Waals surface area contributed by atoms with Gasteiger partial charge in [0.25, 0.3) is 0 Å². The lowest BCUT2D eigenvalue weighted by Crippen LogP contribution is -2.00. The second-order valence-corrected chi connectivity index (χ2v) is 6.39. The molecule has 0 aliphatic carbocycles. The third kappa shape index (κ3) is 1.94. The van der Waals surface area contributed by atoms with Crippen LogP contribution in [0.5, 0.6) is 0 Å². The third-order valence-electron chi connectivity index (χ3n) is 4.03. The highest BCUT2D eigenvalue weighted by molar-refractivity contribution is 7.09. The Balaban J connectivity index is 1.90. The highest BCUT2D eigenvalue weighted by Crippen LogP contribution is 2.29. The van der Waals surface area contributed by atoms with E-state index in [4.69, 9.17) is 9.97 Å². The molecule has 0 N–H and O–H groups in total. The largest absolute Gasteiger partial charge is 0.317 e. The summed E-state index contributed by atoms with van der Waals surface area (Å²) in [7, 11) is 0. The Morgan fingerprint density at radius 2 is 1.70 bits per heavy atom. The van der Waals surface area contributed by atoms with Crippen LogP contribution in [0.4, 0.5) is 0 Å². The van der Waals surface area contributed by atoms with Crippen LogP contribution in [0.25, 0.3) is 33.1 Å². The summed E-state index contributed by atoms with van der Waals surface area (Å²) in [6.45, 7) is 0.717. The molecule has 4 nitrogen and oxygen atoms in total. The summed E-state index contributed by atoms with van der Waals surface area (Å²) in [5.41, 5.74) is 4.87. The van der Waals surface area contributed by atoms with Crippen molar-refractivity contribution >= 4 is 44.4 Å². The maximum absolute atomic E-state index is 4.87. The summed E-state index contributed by atoms with van der Waals surface area (Å²) in [6.07, 6.45) is 1.84. The van der Waals surface area contributed by atoms with E-state index in [0.29, 0.717) is 6.54 Å². The quantitative estimate of drug-likeness (QED) is 0.489. The van der Waals surface area contributed by atoms with Gasteiger partial charge in [0.05, 0.1) is 23.1 Å². The molecule has 5 heteroatoms. The van der Waals surface area contributed by atoms with E-state index in [2.05, 4.69) is 27.8 Å². The number of fused-ring (bicyclic) bond motifs is 4. The maximum atomic E-state index is 4.87. The molecular formula is C18H12N4S. The number of benzene rings is 2. The Morgan fingerprint density at radius 3 is 2.52 bits per heavy atom. The average molecular weight is 316 g/mol. The second-order valence-electron chi connectivity index (χ2n) is 5.41. The normalized spacial score (nSPS) is 11.7. The molecule has 0 saturated carbocycles. The predicted octanol–water partition coefficient (Wildman–Crippen LogP) is 4.24. The van der Waals surface area contributed by atoms with E-state index in [1.165, 1.54) is 0 Å². The van der Waals surface area contributed by atoms with Crippen LogP contribution in [0.2, 0.25) is 0 Å². The number of nitrogens with zero attached hydrogens (tertiary/aromatic N) is 4. The van der Waals surface area contributed by atoms with Gasteiger partial charge in [-0.15, -0.1) is 11.3 Å². The zero-order valence-corrected chi connectivity index (χ0v) is 13.0. The molecule has 0 spiro atoms. The van der Waals surface area contributed by atoms with Gasteiger partial charge in [-0.05, 0) is 18.2 Å². The molecule has 2 aromatic carbocycles. The van der Waals surface area contributed by atoms with E-state index < -0.39 is 0 Å². The van der Waals surface area contributed by atoms with Crippen LogP contribution in [0.1, 0.15) is 5.01 Å². The lowest BCUT2D eigenvalue weighted by atomic mass is 10.2. The summed E-state index contributed by atoms with van der Waals surface area (Å²) in [5.74, 6) is 0. The smallest absolute Gasteiger partial charge is 0.160 e. The summed E-state index contributed by atoms with van der Waals surface area (Å²) < 4.78 is 2.21. The minimum absolute atomic E-state index is 0.717. The number of para-hydroxylation sites is 3. The van der Waals surface area contributed by atoms with Gasteiger partial charge in [0.15, 0.2) is 5.65 Å². The number of aromatic nitrogens is 4. The summed E-state index contributed by atoms with van der Waals surface area (Å²) in [5, 5.41) is 4.21. The van der Waals surface area contributed by atoms with Crippen molar-refractivity contribution in [2.24, 2.45) is 0 Å². The summed E-state index contributed by atoms with van der Waals surface area (Å²) in [6, 6.07) is 16.3. The van der Waals surface area contributed by atoms with Gasteiger partial charge in [-0.1, -0.05) is 30.3 Å². The second kappa shape index (κ2) is 4.86. The standard InChI is InChI=1S/C18H12N4S/c1-4-8-15-12(5-1)17-18(22(15)11-16-19-9-10-23-16)21-14-7-3-2-6-13(14)20-17/h1-10H,11H2. The molecule has 0 fully saturated rings. The molecule has 0 amide bonds. The number of hydrogen-bond acceptors (Lipinski definition) is 4. The number of rotatable bonds is 2. The molecule has 0 radical (unpaired) electrons. The van der Waals surface area contributed by atoms with E-state index in [9.17, 15) is 0 Å². The fourth-order valence-electron chi connectivity index (χ4n) is 3.01. The van der Waals surface area contributed by atoms with E-state index in [1.807, 2.05) is 41.9 Å². The minimum Gasteiger partial charge on any atom is -0.317 e. The summed E-state index contributed by atoms with van der Waals surface area (Å²) in [4.78, 5) is 14.1. The van der Waals surface area contributed by atoms with Crippen molar-refractivity contribution in [3.63, 3.8) is 0 Å². The first-order valence-corrected chi connectivity index (χ1v) is 8.30. The van der Waals surface area contributed by atoms with Crippen molar-refractivity contribution in [3.05, 3.63) is 65.1 Å². The molecular weight excluding hydrogens is 304 g/mol. The van der Waals surface area contributed by atoms with Crippen molar-refractivity contribution in [3.8, 4) is 0 Å². The highest BCUT2D eigenvalue weighted by atomic mass is 32.1. The van der Waals surface area contributed by atoms with Crippen molar-refractivity contribution in [1.82, 2.24) is 19.5 Å². The zero-order valence-electron chi connectivity index (χ0n) is 12.2. The molecule has 5 aromatic rings. The molecule has 0 atom stereocenters. The van der Waals surface area contributed by atoms with Gasteiger partial charge in [-0.2, -0.15) is 0 Å². The number of thiazole rings is 1. The van der Waals surface area contributed by atoms with Gasteiger partial charge in [-0.25, -0.2) is 15.0 Å². The van der Waals surface area contributed by atoms with E-state index in [0.717, 1.165) is 38.1 Å². The van der Waals surface area contributed by atoms with E-state index in [-0.39, 0.29) is 0 Å². The van der Waals surface area contributed by atoms with Crippen LogP contribution in [0, 0.1) is 0 Å². The average Bonchev–Trinajstić information content (AvgIpc) is 3.21. The summed E-state index contributed by atoms with van der Waals surface area (Å²) >= 11 is 1.66. The van der Waals surface area contributed by atoms with Crippen LogP contribution in [-0.2, 0) is 6.54 Å². The van der Waals surface area contributed by atoms with Gasteiger partial charge in [-0.3, -0.25) is 0 Å². The fraction of sp³-hybridized carbons (Fsp3) is 0.0556. The topological polar surface area (TPSA) is 43.6 Å². The van der Waals surface area contributed by atoms with Gasteiger partial charge in [0.2, 0.25) is 0 Å². The molecule has 23 heavy (non-hydrogen) atoms. The van der Waals surface area contributed by atoms with Crippen molar-refractivity contribution in [2.45, 2.75) is 6.54 Å². The fourth-order valence-corrected chi connectivity index (χ4v) is 3.61. The van der Waals surface area contributed by atoms with Crippen LogP contribution in [0.15, 0.2) is 60.1 Å². The van der Waals surface area contributed by atoms with Crippen LogP contribution < -0.4 is 0 Å².